The first-order valence-corrected chi connectivity index (χ1v) is 9.79. The summed E-state index contributed by atoms with van der Waals surface area (Å²) in [7, 11) is 1.26. The predicted octanol–water partition coefficient (Wildman–Crippen LogP) is 3.90. The third-order valence-electron chi connectivity index (χ3n) is 5.66. The Morgan fingerprint density at radius 2 is 2.03 bits per heavy atom. The van der Waals surface area contributed by atoms with E-state index in [1.807, 2.05) is 42.5 Å². The van der Waals surface area contributed by atoms with E-state index < -0.39 is 12.1 Å². The van der Waals surface area contributed by atoms with Gasteiger partial charge in [-0.2, -0.15) is 0 Å². The molecule has 2 aromatic carbocycles. The quantitative estimate of drug-likeness (QED) is 0.525. The van der Waals surface area contributed by atoms with Gasteiger partial charge in [-0.05, 0) is 36.8 Å². The van der Waals surface area contributed by atoms with Gasteiger partial charge in [0.15, 0.2) is 6.10 Å². The molecule has 0 bridgehead atoms. The molecule has 1 atom stereocenters. The van der Waals surface area contributed by atoms with Gasteiger partial charge in [0.25, 0.3) is 0 Å². The van der Waals surface area contributed by atoms with Crippen molar-refractivity contribution in [1.82, 2.24) is 9.97 Å². The Kier molecular flexibility index (Phi) is 4.37. The Morgan fingerprint density at radius 3 is 2.87 bits per heavy atom. The molecule has 0 saturated carbocycles. The van der Waals surface area contributed by atoms with Crippen LogP contribution in [0.25, 0.3) is 32.9 Å². The zero-order valence-electron chi connectivity index (χ0n) is 16.7. The van der Waals surface area contributed by atoms with Gasteiger partial charge in [-0.25, -0.2) is 4.79 Å². The number of esters is 1. The summed E-state index contributed by atoms with van der Waals surface area (Å²) in [5.41, 5.74) is 5.28. The molecule has 0 fully saturated rings. The van der Waals surface area contributed by atoms with Crippen LogP contribution in [0.5, 0.6) is 5.75 Å². The van der Waals surface area contributed by atoms with E-state index in [0.717, 1.165) is 45.1 Å². The van der Waals surface area contributed by atoms with Crippen molar-refractivity contribution in [3.63, 3.8) is 0 Å². The third kappa shape index (κ3) is 2.72. The lowest BCUT2D eigenvalue weighted by atomic mass is 9.89. The number of nitrogens with zero attached hydrogens (tertiary/aromatic N) is 2. The standard InChI is InChI=1S/C24H20N2O4/c1-13-19(23(27)24(28)29-2)21(15-5-3-4-6-17(15)26-13)16-7-8-18-20-14(10-12-30-18)9-11-25-22(16)20/h3-9,11,23,27H,10,12H2,1-2H3/t23-/m0/s1. The van der Waals surface area contributed by atoms with Crippen molar-refractivity contribution < 1.29 is 19.4 Å². The van der Waals surface area contributed by atoms with Crippen molar-refractivity contribution in [2.24, 2.45) is 0 Å². The molecule has 4 aromatic rings. The number of aryl methyl sites for hydroxylation is 1. The number of aliphatic hydroxyl groups is 1. The SMILES string of the molecule is COC(=O)[C@@H](O)c1c(C)nc2ccccc2c1-c1ccc2c3c(ccnc13)CCO2. The largest absolute Gasteiger partial charge is 0.493 e. The highest BCUT2D eigenvalue weighted by molar-refractivity contribution is 6.07. The van der Waals surface area contributed by atoms with Gasteiger partial charge in [-0.15, -0.1) is 0 Å². The van der Waals surface area contributed by atoms with Crippen molar-refractivity contribution in [3.8, 4) is 16.9 Å². The molecule has 150 valence electrons. The van der Waals surface area contributed by atoms with Crippen LogP contribution in [0.1, 0.15) is 22.9 Å². The molecule has 6 heteroatoms. The maximum Gasteiger partial charge on any atom is 0.339 e. The van der Waals surface area contributed by atoms with E-state index in [1.165, 1.54) is 12.7 Å². The van der Waals surface area contributed by atoms with Gasteiger partial charge in [0.2, 0.25) is 0 Å². The minimum atomic E-state index is -1.45. The molecule has 0 aliphatic carbocycles. The van der Waals surface area contributed by atoms with Crippen LogP contribution >= 0.6 is 0 Å². The first kappa shape index (κ1) is 18.5. The Morgan fingerprint density at radius 1 is 1.20 bits per heavy atom. The molecular weight excluding hydrogens is 380 g/mol. The fraction of sp³-hybridized carbons (Fsp3) is 0.208. The number of aromatic nitrogens is 2. The Hall–Kier alpha value is -3.51. The van der Waals surface area contributed by atoms with Crippen LogP contribution in [0.4, 0.5) is 0 Å². The highest BCUT2D eigenvalue weighted by atomic mass is 16.5. The molecule has 5 rings (SSSR count). The number of methoxy groups -OCH3 is 1. The molecular formula is C24H20N2O4. The number of aliphatic hydroxyl groups excluding tert-OH is 1. The second-order valence-corrected chi connectivity index (χ2v) is 7.33. The zero-order valence-corrected chi connectivity index (χ0v) is 16.7. The van der Waals surface area contributed by atoms with Crippen LogP contribution in [-0.4, -0.2) is 34.8 Å². The van der Waals surface area contributed by atoms with Crippen LogP contribution in [0.3, 0.4) is 0 Å². The van der Waals surface area contributed by atoms with Crippen LogP contribution in [0.15, 0.2) is 48.7 Å². The van der Waals surface area contributed by atoms with E-state index in [4.69, 9.17) is 9.47 Å². The van der Waals surface area contributed by atoms with E-state index in [1.54, 1.807) is 13.1 Å². The molecule has 0 spiro atoms. The number of fused-ring (bicyclic) bond motifs is 1. The number of carbonyl (C=O) groups is 1. The van der Waals surface area contributed by atoms with Gasteiger partial charge in [-0.3, -0.25) is 9.97 Å². The Balaban J connectivity index is 1.92. The van der Waals surface area contributed by atoms with Gasteiger partial charge < -0.3 is 14.6 Å². The number of para-hydroxylation sites is 1. The number of carbonyl (C=O) groups excluding carboxylic acids is 1. The van der Waals surface area contributed by atoms with Crippen LogP contribution in [0, 0.1) is 6.92 Å². The van der Waals surface area contributed by atoms with Crippen LogP contribution < -0.4 is 4.74 Å². The van der Waals surface area contributed by atoms with Gasteiger partial charge >= 0.3 is 5.97 Å². The van der Waals surface area contributed by atoms with Crippen molar-refractivity contribution >= 4 is 27.8 Å². The highest BCUT2D eigenvalue weighted by Crippen LogP contribution is 2.43. The molecule has 1 aliphatic rings. The number of benzene rings is 2. The summed E-state index contributed by atoms with van der Waals surface area (Å²) in [6.07, 6.45) is 1.15. The fourth-order valence-corrected chi connectivity index (χ4v) is 4.31. The molecule has 3 heterocycles. The fourth-order valence-electron chi connectivity index (χ4n) is 4.31. The number of ether oxygens (including phenoxy) is 2. The molecule has 6 nitrogen and oxygen atoms in total. The zero-order chi connectivity index (χ0) is 20.8. The summed E-state index contributed by atoms with van der Waals surface area (Å²) in [6.45, 7) is 2.42. The summed E-state index contributed by atoms with van der Waals surface area (Å²) in [4.78, 5) is 21.6. The average Bonchev–Trinajstić information content (AvgIpc) is 2.78. The summed E-state index contributed by atoms with van der Waals surface area (Å²) in [5, 5.41) is 12.7. The van der Waals surface area contributed by atoms with Gasteiger partial charge in [0.1, 0.15) is 5.75 Å². The molecule has 30 heavy (non-hydrogen) atoms. The molecule has 0 radical (unpaired) electrons. The van der Waals surface area contributed by atoms with Crippen molar-refractivity contribution in [1.29, 1.82) is 0 Å². The monoisotopic (exact) mass is 400 g/mol. The first-order valence-electron chi connectivity index (χ1n) is 9.79. The normalized spacial score (nSPS) is 13.8. The molecule has 1 aliphatic heterocycles. The van der Waals surface area contributed by atoms with E-state index in [9.17, 15) is 9.90 Å². The maximum absolute atomic E-state index is 12.3. The summed E-state index contributed by atoms with van der Waals surface area (Å²) >= 11 is 0. The lowest BCUT2D eigenvalue weighted by Gasteiger charge is -2.22. The molecule has 2 aromatic heterocycles. The number of rotatable bonds is 3. The second-order valence-electron chi connectivity index (χ2n) is 7.33. The number of pyridine rings is 2. The van der Waals surface area contributed by atoms with E-state index >= 15 is 0 Å². The summed E-state index contributed by atoms with van der Waals surface area (Å²) < 4.78 is 10.7. The molecule has 0 unspecified atom stereocenters. The Bertz CT molecular complexity index is 1310. The number of hydrogen-bond acceptors (Lipinski definition) is 6. The minimum absolute atomic E-state index is 0.430. The van der Waals surface area contributed by atoms with Crippen molar-refractivity contribution in [2.75, 3.05) is 13.7 Å². The predicted molar refractivity (Wildman–Crippen MR) is 113 cm³/mol. The smallest absolute Gasteiger partial charge is 0.339 e. The van der Waals surface area contributed by atoms with Gasteiger partial charge in [-0.1, -0.05) is 18.2 Å². The Labute approximate surface area is 173 Å². The first-order chi connectivity index (χ1) is 14.6. The third-order valence-corrected chi connectivity index (χ3v) is 5.66. The minimum Gasteiger partial charge on any atom is -0.493 e. The second kappa shape index (κ2) is 7.07. The lowest BCUT2D eigenvalue weighted by Crippen LogP contribution is -2.17. The van der Waals surface area contributed by atoms with Gasteiger partial charge in [0, 0.05) is 45.8 Å². The molecule has 0 amide bonds. The van der Waals surface area contributed by atoms with E-state index in [-0.39, 0.29) is 0 Å². The van der Waals surface area contributed by atoms with Crippen LogP contribution in [0.2, 0.25) is 0 Å². The summed E-state index contributed by atoms with van der Waals surface area (Å²) in [5.74, 6) is 0.0729. The molecule has 0 saturated heterocycles. The molecule has 1 N–H and O–H groups in total. The van der Waals surface area contributed by atoms with E-state index in [2.05, 4.69) is 9.97 Å². The summed E-state index contributed by atoms with van der Waals surface area (Å²) in [6, 6.07) is 13.6. The van der Waals surface area contributed by atoms with Crippen LogP contribution in [-0.2, 0) is 16.0 Å². The average molecular weight is 400 g/mol. The van der Waals surface area contributed by atoms with Crippen molar-refractivity contribution in [2.45, 2.75) is 19.4 Å². The van der Waals surface area contributed by atoms with Crippen molar-refractivity contribution in [3.05, 3.63) is 65.5 Å². The maximum atomic E-state index is 12.3. The number of hydrogen-bond donors (Lipinski definition) is 1. The highest BCUT2D eigenvalue weighted by Gasteiger charge is 2.28. The van der Waals surface area contributed by atoms with Gasteiger partial charge in [0.05, 0.1) is 24.8 Å². The topological polar surface area (TPSA) is 81.5 Å². The van der Waals surface area contributed by atoms with E-state index in [0.29, 0.717) is 17.9 Å². The lowest BCUT2D eigenvalue weighted by molar-refractivity contribution is -0.150.